The van der Waals surface area contributed by atoms with E-state index in [1.54, 1.807) is 6.92 Å². The van der Waals surface area contributed by atoms with Gasteiger partial charge in [0.1, 0.15) is 6.61 Å². The van der Waals surface area contributed by atoms with Crippen molar-refractivity contribution in [3.63, 3.8) is 0 Å². The third kappa shape index (κ3) is 3.77. The molecule has 4 aliphatic rings. The van der Waals surface area contributed by atoms with Gasteiger partial charge in [0.05, 0.1) is 11.2 Å². The minimum Gasteiger partial charge on any atom is -0.461 e. The lowest BCUT2D eigenvalue weighted by molar-refractivity contribution is -0.243. The van der Waals surface area contributed by atoms with Crippen molar-refractivity contribution in [2.45, 2.75) is 64.3 Å². The van der Waals surface area contributed by atoms with E-state index in [4.69, 9.17) is 14.2 Å². The van der Waals surface area contributed by atoms with E-state index < -0.39 is 18.2 Å². The monoisotopic (exact) mass is 322 g/mol. The number of carbonyl (C=O) groups is 2. The Kier molecular flexibility index (Phi) is 4.50. The van der Waals surface area contributed by atoms with Gasteiger partial charge in [-0.05, 0) is 63.2 Å². The average Bonchev–Trinajstić information content (AvgIpc) is 2.42. The van der Waals surface area contributed by atoms with Gasteiger partial charge in [0.15, 0.2) is 0 Å². The van der Waals surface area contributed by atoms with E-state index in [0.29, 0.717) is 0 Å². The van der Waals surface area contributed by atoms with Crippen molar-refractivity contribution >= 4 is 11.9 Å². The highest BCUT2D eigenvalue weighted by Crippen LogP contribution is 2.57. The van der Waals surface area contributed by atoms with Crippen LogP contribution >= 0.6 is 0 Å². The van der Waals surface area contributed by atoms with E-state index in [1.807, 2.05) is 0 Å². The van der Waals surface area contributed by atoms with Crippen molar-refractivity contribution in [2.24, 2.45) is 17.8 Å². The Balaban J connectivity index is 1.51. The van der Waals surface area contributed by atoms with Gasteiger partial charge in [-0.25, -0.2) is 4.79 Å². The van der Waals surface area contributed by atoms with Crippen LogP contribution < -0.4 is 0 Å². The maximum atomic E-state index is 12.0. The summed E-state index contributed by atoms with van der Waals surface area (Å²) in [5.41, 5.74) is 0.0206. The van der Waals surface area contributed by atoms with Crippen LogP contribution in [-0.2, 0) is 23.8 Å². The third-order valence-corrected chi connectivity index (χ3v) is 5.41. The molecule has 128 valence electrons. The Hall–Kier alpha value is -1.36. The molecule has 4 aliphatic carbocycles. The molecule has 0 radical (unpaired) electrons. The summed E-state index contributed by atoms with van der Waals surface area (Å²) in [5.74, 6) is 1.33. The lowest BCUT2D eigenvalue weighted by Crippen LogP contribution is -2.53. The largest absolute Gasteiger partial charge is 0.461 e. The van der Waals surface area contributed by atoms with Gasteiger partial charge >= 0.3 is 11.9 Å². The first-order valence-corrected chi connectivity index (χ1v) is 8.55. The molecule has 1 atom stereocenters. The number of carbonyl (C=O) groups excluding carboxylic acids is 2. The molecule has 0 aromatic heterocycles. The maximum absolute atomic E-state index is 12.0. The minimum atomic E-state index is -0.604. The molecule has 0 aliphatic heterocycles. The van der Waals surface area contributed by atoms with E-state index in [9.17, 15) is 9.59 Å². The van der Waals surface area contributed by atoms with Gasteiger partial charge < -0.3 is 14.2 Å². The molecule has 0 N–H and O–H groups in total. The van der Waals surface area contributed by atoms with Crippen LogP contribution in [0.1, 0.15) is 52.4 Å². The molecule has 4 fully saturated rings. The quantitative estimate of drug-likeness (QED) is 0.427. The first-order valence-electron chi connectivity index (χ1n) is 8.55. The summed E-state index contributed by atoms with van der Waals surface area (Å²) < 4.78 is 16.3. The lowest BCUT2D eigenvalue weighted by Gasteiger charge is -2.56. The second kappa shape index (κ2) is 6.27. The predicted molar refractivity (Wildman–Crippen MR) is 83.3 cm³/mol. The van der Waals surface area contributed by atoms with Gasteiger partial charge in [0, 0.05) is 6.92 Å². The maximum Gasteiger partial charge on any atom is 0.339 e. The Morgan fingerprint density at radius 2 is 1.65 bits per heavy atom. The molecule has 0 saturated heterocycles. The van der Waals surface area contributed by atoms with Crippen molar-refractivity contribution < 1.29 is 23.8 Å². The summed E-state index contributed by atoms with van der Waals surface area (Å²) in [6.45, 7) is 6.51. The second-order valence-electron chi connectivity index (χ2n) is 7.58. The molecular weight excluding hydrogens is 296 g/mol. The molecule has 4 rings (SSSR count). The van der Waals surface area contributed by atoms with E-state index in [1.165, 1.54) is 26.2 Å². The number of hydrogen-bond donors (Lipinski definition) is 0. The minimum absolute atomic E-state index is 0.105. The van der Waals surface area contributed by atoms with Crippen molar-refractivity contribution in [1.29, 1.82) is 0 Å². The Bertz CT molecular complexity index is 474. The molecule has 0 spiro atoms. The lowest BCUT2D eigenvalue weighted by atomic mass is 9.54. The van der Waals surface area contributed by atoms with Crippen molar-refractivity contribution in [1.82, 2.24) is 0 Å². The summed E-state index contributed by atoms with van der Waals surface area (Å²) in [4.78, 5) is 22.7. The highest BCUT2D eigenvalue weighted by molar-refractivity contribution is 5.88. The number of hydrogen-bond acceptors (Lipinski definition) is 5. The van der Waals surface area contributed by atoms with Crippen LogP contribution in [0.25, 0.3) is 0 Å². The fraction of sp³-hybridized carbons (Fsp3) is 0.778. The van der Waals surface area contributed by atoms with E-state index in [-0.39, 0.29) is 17.8 Å². The van der Waals surface area contributed by atoms with Crippen LogP contribution in [0.2, 0.25) is 0 Å². The fourth-order valence-electron chi connectivity index (χ4n) is 5.03. The second-order valence-corrected chi connectivity index (χ2v) is 7.58. The van der Waals surface area contributed by atoms with Crippen LogP contribution in [0.3, 0.4) is 0 Å². The van der Waals surface area contributed by atoms with Gasteiger partial charge in [-0.2, -0.15) is 0 Å². The van der Waals surface area contributed by atoms with Gasteiger partial charge in [0.2, 0.25) is 6.29 Å². The topological polar surface area (TPSA) is 61.8 Å². The molecule has 23 heavy (non-hydrogen) atoms. The number of rotatable bonds is 6. The molecule has 0 aromatic carbocycles. The normalized spacial score (nSPS) is 35.7. The van der Waals surface area contributed by atoms with Gasteiger partial charge in [0.25, 0.3) is 0 Å². The van der Waals surface area contributed by atoms with Crippen molar-refractivity contribution in [3.05, 3.63) is 12.2 Å². The van der Waals surface area contributed by atoms with Gasteiger partial charge in [-0.1, -0.05) is 6.58 Å². The highest BCUT2D eigenvalue weighted by Gasteiger charge is 2.52. The summed E-state index contributed by atoms with van der Waals surface area (Å²) in [6.07, 6.45) is 6.70. The standard InChI is InChI=1S/C18H26O5/c1-11(10-21-12(2)19)17(20)22-13(3)23-18-7-14-4-15(8-18)6-16(5-14)9-18/h13-16H,1,4-10H2,2-3H3. The molecule has 0 amide bonds. The molecule has 4 bridgehead atoms. The van der Waals surface area contributed by atoms with Crippen LogP contribution in [0.4, 0.5) is 0 Å². The fourth-order valence-corrected chi connectivity index (χ4v) is 5.03. The zero-order valence-electron chi connectivity index (χ0n) is 14.0. The molecular formula is C18H26O5. The van der Waals surface area contributed by atoms with Crippen LogP contribution in [0.15, 0.2) is 12.2 Å². The summed E-state index contributed by atoms with van der Waals surface area (Å²) in [5, 5.41) is 0. The first-order chi connectivity index (χ1) is 10.8. The summed E-state index contributed by atoms with van der Waals surface area (Å²) in [7, 11) is 0. The highest BCUT2D eigenvalue weighted by atomic mass is 16.7. The summed E-state index contributed by atoms with van der Waals surface area (Å²) in [6, 6.07) is 0. The van der Waals surface area contributed by atoms with Crippen LogP contribution in [-0.4, -0.2) is 30.4 Å². The smallest absolute Gasteiger partial charge is 0.339 e. The van der Waals surface area contributed by atoms with E-state index in [0.717, 1.165) is 37.0 Å². The number of ether oxygens (including phenoxy) is 3. The van der Waals surface area contributed by atoms with E-state index >= 15 is 0 Å². The first kappa shape index (κ1) is 16.5. The number of esters is 2. The Morgan fingerprint density at radius 1 is 1.13 bits per heavy atom. The zero-order chi connectivity index (χ0) is 16.6. The molecule has 0 aromatic rings. The molecule has 0 heterocycles. The Labute approximate surface area is 137 Å². The van der Waals surface area contributed by atoms with Crippen molar-refractivity contribution in [2.75, 3.05) is 6.61 Å². The third-order valence-electron chi connectivity index (χ3n) is 5.41. The van der Waals surface area contributed by atoms with Gasteiger partial charge in [-0.15, -0.1) is 0 Å². The van der Waals surface area contributed by atoms with Gasteiger partial charge in [-0.3, -0.25) is 4.79 Å². The average molecular weight is 322 g/mol. The SMILES string of the molecule is C=C(COC(C)=O)C(=O)OC(C)OC12CC3CC(CC(C3)C1)C2. The van der Waals surface area contributed by atoms with Crippen LogP contribution in [0.5, 0.6) is 0 Å². The molecule has 1 unspecified atom stereocenters. The predicted octanol–water partition coefficient (Wildman–Crippen LogP) is 2.98. The zero-order valence-corrected chi connectivity index (χ0v) is 14.0. The molecule has 4 saturated carbocycles. The molecule has 5 heteroatoms. The molecule has 5 nitrogen and oxygen atoms in total. The summed E-state index contributed by atoms with van der Waals surface area (Å²) >= 11 is 0. The van der Waals surface area contributed by atoms with E-state index in [2.05, 4.69) is 6.58 Å². The Morgan fingerprint density at radius 3 is 2.13 bits per heavy atom. The van der Waals surface area contributed by atoms with Crippen LogP contribution in [0, 0.1) is 17.8 Å². The van der Waals surface area contributed by atoms with Crippen molar-refractivity contribution in [3.8, 4) is 0 Å².